The van der Waals surface area contributed by atoms with Gasteiger partial charge >= 0.3 is 0 Å². The van der Waals surface area contributed by atoms with Crippen LogP contribution in [-0.2, 0) is 15.7 Å². The van der Waals surface area contributed by atoms with Gasteiger partial charge in [-0.15, -0.1) is 0 Å². The van der Waals surface area contributed by atoms with Gasteiger partial charge in [0.2, 0.25) is 0 Å². The second-order valence-corrected chi connectivity index (χ2v) is 20.7. The molecule has 0 saturated carbocycles. The molecule has 6 nitrogen and oxygen atoms in total. The minimum atomic E-state index is -2.36. The smallest absolute Gasteiger partial charge is 0.192 e. The highest BCUT2D eigenvalue weighted by atomic mass is 28.4. The fourth-order valence-corrected chi connectivity index (χ4v) is 8.22. The van der Waals surface area contributed by atoms with Gasteiger partial charge in [0.25, 0.3) is 0 Å². The number of aromatic nitrogens is 2. The number of halogens is 3. The van der Waals surface area contributed by atoms with Crippen LogP contribution >= 0.6 is 0 Å². The minimum absolute atomic E-state index is 0.0686. The SMILES string of the molecule is CC(C)(C)N1C[C@@H](CN[C@@H](c2nc(-c3cc(F)ccc3F)cn2Cc2ccccc2)C2(O[Si](C)(C)C(C)(C)C)CCOCC2)[C@@H](F)C1. The Bertz CT molecular complexity index is 1500. The van der Waals surface area contributed by atoms with E-state index in [0.29, 0.717) is 63.8 Å². The van der Waals surface area contributed by atoms with E-state index >= 15 is 8.78 Å². The highest BCUT2D eigenvalue weighted by molar-refractivity contribution is 6.74. The monoisotopic (exact) mass is 670 g/mol. The molecule has 10 heteroatoms. The van der Waals surface area contributed by atoms with Crippen molar-refractivity contribution in [1.29, 1.82) is 0 Å². The Balaban J connectivity index is 1.64. The molecule has 0 bridgehead atoms. The Hall–Kier alpha value is -2.50. The molecule has 1 N–H and O–H groups in total. The van der Waals surface area contributed by atoms with Crippen LogP contribution in [0.3, 0.4) is 0 Å². The van der Waals surface area contributed by atoms with E-state index in [1.165, 1.54) is 6.07 Å². The van der Waals surface area contributed by atoms with E-state index in [1.807, 2.05) is 41.1 Å². The number of nitrogens with one attached hydrogen (secondary N) is 1. The zero-order valence-corrected chi connectivity index (χ0v) is 30.4. The Morgan fingerprint density at radius 2 is 1.70 bits per heavy atom. The lowest BCUT2D eigenvalue weighted by Gasteiger charge is -2.50. The van der Waals surface area contributed by atoms with Gasteiger partial charge in [-0.25, -0.2) is 18.2 Å². The van der Waals surface area contributed by atoms with E-state index in [4.69, 9.17) is 14.1 Å². The van der Waals surface area contributed by atoms with Crippen LogP contribution in [0.4, 0.5) is 13.2 Å². The maximum absolute atomic E-state index is 15.6. The molecular formula is C37H53F3N4O2Si. The van der Waals surface area contributed by atoms with E-state index < -0.39 is 37.8 Å². The van der Waals surface area contributed by atoms with Gasteiger partial charge in [0.1, 0.15) is 23.6 Å². The summed E-state index contributed by atoms with van der Waals surface area (Å²) in [4.78, 5) is 7.30. The Morgan fingerprint density at radius 1 is 1.02 bits per heavy atom. The van der Waals surface area contributed by atoms with Crippen molar-refractivity contribution in [3.8, 4) is 11.3 Å². The van der Waals surface area contributed by atoms with Crippen LogP contribution in [0.2, 0.25) is 18.1 Å². The molecule has 0 aliphatic carbocycles. The number of alkyl halides is 1. The van der Waals surface area contributed by atoms with E-state index in [2.05, 4.69) is 64.9 Å². The number of likely N-dealkylation sites (tertiary alicyclic amines) is 1. The Labute approximate surface area is 280 Å². The molecule has 0 unspecified atom stereocenters. The summed E-state index contributed by atoms with van der Waals surface area (Å²) in [6.07, 6.45) is 2.08. The van der Waals surface area contributed by atoms with Gasteiger partial charge in [-0.3, -0.25) is 4.90 Å². The lowest BCUT2D eigenvalue weighted by molar-refractivity contribution is -0.0796. The van der Waals surface area contributed by atoms with E-state index in [-0.39, 0.29) is 22.1 Å². The molecule has 258 valence electrons. The average Bonchev–Trinajstić information content (AvgIpc) is 3.58. The summed E-state index contributed by atoms with van der Waals surface area (Å²) in [5.41, 5.74) is 0.637. The van der Waals surface area contributed by atoms with E-state index in [1.54, 1.807) is 0 Å². The van der Waals surface area contributed by atoms with Crippen LogP contribution in [0.1, 0.15) is 71.8 Å². The molecule has 0 amide bonds. The first-order valence-electron chi connectivity index (χ1n) is 17.0. The summed E-state index contributed by atoms with van der Waals surface area (Å²) in [5.74, 6) is -0.636. The van der Waals surface area contributed by atoms with Crippen molar-refractivity contribution in [2.45, 2.75) is 102 Å². The van der Waals surface area contributed by atoms with Crippen molar-refractivity contribution in [2.24, 2.45) is 5.92 Å². The summed E-state index contributed by atoms with van der Waals surface area (Å²) in [5, 5.41) is 3.74. The van der Waals surface area contributed by atoms with Crippen molar-refractivity contribution in [1.82, 2.24) is 19.8 Å². The lowest BCUT2D eigenvalue weighted by Crippen LogP contribution is -2.58. The number of ether oxygens (including phenoxy) is 1. The molecule has 3 aromatic rings. The topological polar surface area (TPSA) is 51.6 Å². The summed E-state index contributed by atoms with van der Waals surface area (Å²) in [7, 11) is -2.36. The molecule has 0 spiro atoms. The molecule has 2 aromatic carbocycles. The first-order valence-corrected chi connectivity index (χ1v) is 19.9. The molecule has 2 fully saturated rings. The molecule has 2 saturated heterocycles. The van der Waals surface area contributed by atoms with Crippen molar-refractivity contribution in [2.75, 3.05) is 32.8 Å². The van der Waals surface area contributed by atoms with Crippen LogP contribution in [0.25, 0.3) is 11.3 Å². The highest BCUT2D eigenvalue weighted by Gasteiger charge is 2.51. The maximum atomic E-state index is 15.6. The maximum Gasteiger partial charge on any atom is 0.192 e. The number of imidazole rings is 1. The summed E-state index contributed by atoms with van der Waals surface area (Å²) in [6.45, 7) is 20.5. The predicted octanol–water partition coefficient (Wildman–Crippen LogP) is 8.15. The van der Waals surface area contributed by atoms with Crippen LogP contribution in [0.5, 0.6) is 0 Å². The van der Waals surface area contributed by atoms with Gasteiger partial charge in [0.05, 0.1) is 17.3 Å². The predicted molar refractivity (Wildman–Crippen MR) is 185 cm³/mol. The third kappa shape index (κ3) is 8.04. The largest absolute Gasteiger partial charge is 0.409 e. The van der Waals surface area contributed by atoms with Crippen LogP contribution in [0, 0.1) is 17.6 Å². The third-order valence-electron chi connectivity index (χ3n) is 10.5. The molecule has 5 rings (SSSR count). The molecule has 0 radical (unpaired) electrons. The molecule has 3 heterocycles. The summed E-state index contributed by atoms with van der Waals surface area (Å²) >= 11 is 0. The Morgan fingerprint density at radius 3 is 2.32 bits per heavy atom. The van der Waals surface area contributed by atoms with Gasteiger partial charge < -0.3 is 19.0 Å². The molecule has 2 aliphatic rings. The van der Waals surface area contributed by atoms with Crippen LogP contribution in [-0.4, -0.2) is 72.9 Å². The number of benzene rings is 2. The van der Waals surface area contributed by atoms with Crippen molar-refractivity contribution in [3.63, 3.8) is 0 Å². The van der Waals surface area contributed by atoms with Gasteiger partial charge in [0, 0.05) is 75.5 Å². The molecule has 1 aromatic heterocycles. The van der Waals surface area contributed by atoms with Crippen LogP contribution < -0.4 is 5.32 Å². The number of hydrogen-bond donors (Lipinski definition) is 1. The second-order valence-electron chi connectivity index (χ2n) is 16.0. The summed E-state index contributed by atoms with van der Waals surface area (Å²) < 4.78 is 60.7. The van der Waals surface area contributed by atoms with Crippen molar-refractivity contribution in [3.05, 3.63) is 77.8 Å². The fraction of sp³-hybridized carbons (Fsp3) is 0.595. The lowest BCUT2D eigenvalue weighted by atomic mass is 9.85. The molecular weight excluding hydrogens is 618 g/mol. The fourth-order valence-electron chi connectivity index (χ4n) is 6.57. The molecule has 2 aliphatic heterocycles. The summed E-state index contributed by atoms with van der Waals surface area (Å²) in [6, 6.07) is 13.0. The zero-order chi connectivity index (χ0) is 34.2. The number of hydrogen-bond acceptors (Lipinski definition) is 5. The van der Waals surface area contributed by atoms with Gasteiger partial charge in [-0.05, 0) is 62.7 Å². The normalized spacial score (nSPS) is 21.7. The zero-order valence-electron chi connectivity index (χ0n) is 29.4. The van der Waals surface area contributed by atoms with Gasteiger partial charge in [-0.1, -0.05) is 51.1 Å². The van der Waals surface area contributed by atoms with Crippen molar-refractivity contribution < 1.29 is 22.3 Å². The minimum Gasteiger partial charge on any atom is -0.409 e. The van der Waals surface area contributed by atoms with Crippen molar-refractivity contribution >= 4 is 8.32 Å². The average molecular weight is 671 g/mol. The standard InChI is InChI=1S/C37H53F3N4O2Si/c1-35(2,3)44-23-27(31(40)24-44)21-41-33(37(16-18-45-19-17-37)46-47(7,8)36(4,5)6)34-42-32(29-20-28(38)14-15-30(29)39)25-43(34)22-26-12-10-9-11-13-26/h9-15,20,25,27,31,33,41H,16-19,21-24H2,1-8H3/t27-,31+,33+/m1/s1. The second kappa shape index (κ2) is 13.8. The molecule has 47 heavy (non-hydrogen) atoms. The quantitative estimate of drug-likeness (QED) is 0.221. The van der Waals surface area contributed by atoms with Crippen LogP contribution in [0.15, 0.2) is 54.7 Å². The molecule has 3 atom stereocenters. The number of nitrogens with zero attached hydrogens (tertiary/aromatic N) is 3. The van der Waals surface area contributed by atoms with Gasteiger partial charge in [0.15, 0.2) is 8.32 Å². The van der Waals surface area contributed by atoms with Gasteiger partial charge in [-0.2, -0.15) is 0 Å². The van der Waals surface area contributed by atoms with E-state index in [9.17, 15) is 4.39 Å². The Kier molecular flexibility index (Phi) is 10.5. The van der Waals surface area contributed by atoms with E-state index in [0.717, 1.165) is 17.7 Å². The third-order valence-corrected chi connectivity index (χ3v) is 15.0. The highest BCUT2D eigenvalue weighted by Crippen LogP contribution is 2.46. The first kappa shape index (κ1) is 35.8. The first-order chi connectivity index (χ1) is 22.0. The number of rotatable bonds is 10.